The lowest BCUT2D eigenvalue weighted by Crippen LogP contribution is -2.33. The van der Waals surface area contributed by atoms with Crippen LogP contribution in [0, 0.1) is 5.92 Å². The molecule has 1 heterocycles. The van der Waals surface area contributed by atoms with Crippen molar-refractivity contribution in [1.29, 1.82) is 0 Å². The first kappa shape index (κ1) is 17.4. The number of amides is 1. The van der Waals surface area contributed by atoms with E-state index in [1.54, 1.807) is 0 Å². The molecule has 1 atom stereocenters. The van der Waals surface area contributed by atoms with Crippen LogP contribution in [0.2, 0.25) is 0 Å². The van der Waals surface area contributed by atoms with Crippen LogP contribution in [0.4, 0.5) is 0 Å². The molecule has 1 aromatic rings. The minimum absolute atomic E-state index is 0.211. The monoisotopic (exact) mass is 330 g/mol. The zero-order valence-electron chi connectivity index (χ0n) is 14.5. The van der Waals surface area contributed by atoms with Gasteiger partial charge in [0.1, 0.15) is 0 Å². The number of benzene rings is 1. The molecule has 0 bridgehead atoms. The van der Waals surface area contributed by atoms with Crippen molar-refractivity contribution >= 4 is 5.91 Å². The van der Waals surface area contributed by atoms with Gasteiger partial charge in [0.05, 0.1) is 6.61 Å². The van der Waals surface area contributed by atoms with Gasteiger partial charge in [-0.3, -0.25) is 9.69 Å². The first-order chi connectivity index (χ1) is 11.8. The number of hydrogen-bond donors (Lipinski definition) is 2. The summed E-state index contributed by atoms with van der Waals surface area (Å²) < 4.78 is 0. The minimum atomic E-state index is 0.211. The number of aliphatic hydroxyl groups excluding tert-OH is 1. The van der Waals surface area contributed by atoms with Crippen molar-refractivity contribution < 1.29 is 9.90 Å². The van der Waals surface area contributed by atoms with Gasteiger partial charge in [-0.25, -0.2) is 0 Å². The zero-order valence-corrected chi connectivity index (χ0v) is 14.5. The Morgan fingerprint density at radius 2 is 1.83 bits per heavy atom. The molecular weight excluding hydrogens is 300 g/mol. The fraction of sp³-hybridized carbons (Fsp3) is 0.650. The molecule has 1 amide bonds. The minimum Gasteiger partial charge on any atom is -0.395 e. The Morgan fingerprint density at radius 3 is 2.58 bits per heavy atom. The van der Waals surface area contributed by atoms with E-state index in [0.717, 1.165) is 38.8 Å². The predicted octanol–water partition coefficient (Wildman–Crippen LogP) is 2.84. The number of nitrogens with one attached hydrogen (secondary N) is 1. The van der Waals surface area contributed by atoms with Gasteiger partial charge in [-0.1, -0.05) is 43.5 Å². The van der Waals surface area contributed by atoms with Gasteiger partial charge < -0.3 is 10.4 Å². The molecule has 2 fully saturated rings. The lowest BCUT2D eigenvalue weighted by molar-refractivity contribution is -0.126. The molecule has 0 radical (unpaired) electrons. The van der Waals surface area contributed by atoms with Gasteiger partial charge in [0.2, 0.25) is 5.91 Å². The number of hydrogen-bond acceptors (Lipinski definition) is 3. The van der Waals surface area contributed by atoms with E-state index in [2.05, 4.69) is 28.4 Å². The second-order valence-corrected chi connectivity index (χ2v) is 7.27. The normalized spacial score (nSPS) is 22.6. The summed E-state index contributed by atoms with van der Waals surface area (Å²) in [5.41, 5.74) is 2.46. The largest absolute Gasteiger partial charge is 0.395 e. The first-order valence-corrected chi connectivity index (χ1v) is 9.47. The molecule has 3 rings (SSSR count). The molecule has 4 heteroatoms. The van der Waals surface area contributed by atoms with Crippen LogP contribution >= 0.6 is 0 Å². The summed E-state index contributed by atoms with van der Waals surface area (Å²) in [5.74, 6) is 0.433. The molecule has 2 N–H and O–H groups in total. The van der Waals surface area contributed by atoms with Crippen LogP contribution in [0.5, 0.6) is 0 Å². The zero-order chi connectivity index (χ0) is 16.8. The van der Waals surface area contributed by atoms with Crippen LogP contribution < -0.4 is 5.32 Å². The Kier molecular flexibility index (Phi) is 6.27. The highest BCUT2D eigenvalue weighted by Crippen LogP contribution is 2.24. The van der Waals surface area contributed by atoms with Crippen LogP contribution in [0.1, 0.15) is 56.1 Å². The van der Waals surface area contributed by atoms with E-state index < -0.39 is 0 Å². The molecule has 4 nitrogen and oxygen atoms in total. The van der Waals surface area contributed by atoms with Crippen molar-refractivity contribution in [1.82, 2.24) is 10.2 Å². The van der Waals surface area contributed by atoms with Gasteiger partial charge in [0.15, 0.2) is 0 Å². The molecule has 1 saturated heterocycles. The van der Waals surface area contributed by atoms with Crippen molar-refractivity contribution in [2.75, 3.05) is 13.2 Å². The van der Waals surface area contributed by atoms with E-state index in [4.69, 9.17) is 0 Å². The second kappa shape index (κ2) is 8.63. The summed E-state index contributed by atoms with van der Waals surface area (Å²) in [6, 6.07) is 8.65. The number of aliphatic hydroxyl groups is 1. The van der Waals surface area contributed by atoms with Crippen LogP contribution in [-0.4, -0.2) is 35.1 Å². The molecule has 1 saturated carbocycles. The maximum Gasteiger partial charge on any atom is 0.223 e. The molecule has 0 aromatic heterocycles. The van der Waals surface area contributed by atoms with Gasteiger partial charge in [-0.05, 0) is 43.4 Å². The molecule has 24 heavy (non-hydrogen) atoms. The second-order valence-electron chi connectivity index (χ2n) is 7.27. The quantitative estimate of drug-likeness (QED) is 0.843. The highest BCUT2D eigenvalue weighted by molar-refractivity contribution is 5.78. The average Bonchev–Trinajstić information content (AvgIpc) is 3.08. The van der Waals surface area contributed by atoms with Crippen LogP contribution in [-0.2, 0) is 17.9 Å². The third-order valence-electron chi connectivity index (χ3n) is 5.63. The van der Waals surface area contributed by atoms with E-state index in [-0.39, 0.29) is 24.5 Å². The number of carbonyl (C=O) groups excluding carboxylic acids is 1. The van der Waals surface area contributed by atoms with Crippen molar-refractivity contribution in [2.24, 2.45) is 5.92 Å². The summed E-state index contributed by atoms with van der Waals surface area (Å²) in [6.45, 7) is 2.76. The number of rotatable bonds is 6. The van der Waals surface area contributed by atoms with Gasteiger partial charge in [0.25, 0.3) is 0 Å². The molecule has 0 spiro atoms. The fourth-order valence-electron chi connectivity index (χ4n) is 4.10. The summed E-state index contributed by atoms with van der Waals surface area (Å²) in [5, 5.41) is 12.7. The fourth-order valence-corrected chi connectivity index (χ4v) is 4.10. The highest BCUT2D eigenvalue weighted by Gasteiger charge is 2.24. The standard InChI is InChI=1S/C20H30N2O2/c23-15-19-11-6-12-22(19)14-18-10-5-4-9-17(18)13-21-20(24)16-7-2-1-3-8-16/h4-5,9-10,16,19,23H,1-3,6-8,11-15H2,(H,21,24). The molecule has 1 aliphatic heterocycles. The van der Waals surface area contributed by atoms with Gasteiger partial charge in [0, 0.05) is 25.0 Å². The van der Waals surface area contributed by atoms with Gasteiger partial charge >= 0.3 is 0 Å². The maximum atomic E-state index is 12.4. The Morgan fingerprint density at radius 1 is 1.08 bits per heavy atom. The van der Waals surface area contributed by atoms with Crippen molar-refractivity contribution in [3.63, 3.8) is 0 Å². The topological polar surface area (TPSA) is 52.6 Å². The third-order valence-corrected chi connectivity index (χ3v) is 5.63. The van der Waals surface area contributed by atoms with Crippen LogP contribution in [0.25, 0.3) is 0 Å². The Hall–Kier alpha value is -1.39. The van der Waals surface area contributed by atoms with Gasteiger partial charge in [-0.2, -0.15) is 0 Å². The number of likely N-dealkylation sites (tertiary alicyclic amines) is 1. The molecule has 1 aliphatic carbocycles. The van der Waals surface area contributed by atoms with E-state index >= 15 is 0 Å². The molecule has 1 unspecified atom stereocenters. The van der Waals surface area contributed by atoms with E-state index in [1.165, 1.54) is 30.4 Å². The van der Waals surface area contributed by atoms with E-state index in [9.17, 15) is 9.90 Å². The average molecular weight is 330 g/mol. The molecule has 132 valence electrons. The van der Waals surface area contributed by atoms with Gasteiger partial charge in [-0.15, -0.1) is 0 Å². The Labute approximate surface area is 145 Å². The summed E-state index contributed by atoms with van der Waals surface area (Å²) in [6.07, 6.45) is 7.97. The number of nitrogens with zero attached hydrogens (tertiary/aromatic N) is 1. The SMILES string of the molecule is O=C(NCc1ccccc1CN1CCCC1CO)C1CCCCC1. The molecule has 2 aliphatic rings. The first-order valence-electron chi connectivity index (χ1n) is 9.47. The van der Waals surface area contributed by atoms with E-state index in [0.29, 0.717) is 6.54 Å². The van der Waals surface area contributed by atoms with Crippen LogP contribution in [0.3, 0.4) is 0 Å². The van der Waals surface area contributed by atoms with Crippen molar-refractivity contribution in [3.8, 4) is 0 Å². The highest BCUT2D eigenvalue weighted by atomic mass is 16.3. The summed E-state index contributed by atoms with van der Waals surface area (Å²) in [7, 11) is 0. The van der Waals surface area contributed by atoms with Crippen molar-refractivity contribution in [2.45, 2.75) is 64.1 Å². The van der Waals surface area contributed by atoms with Crippen LogP contribution in [0.15, 0.2) is 24.3 Å². The third kappa shape index (κ3) is 4.37. The molecule has 1 aromatic carbocycles. The van der Waals surface area contributed by atoms with Crippen molar-refractivity contribution in [3.05, 3.63) is 35.4 Å². The number of carbonyl (C=O) groups is 1. The smallest absolute Gasteiger partial charge is 0.223 e. The lowest BCUT2D eigenvalue weighted by Gasteiger charge is -2.24. The lowest BCUT2D eigenvalue weighted by atomic mass is 9.88. The summed E-state index contributed by atoms with van der Waals surface area (Å²) >= 11 is 0. The molecular formula is C20H30N2O2. The Bertz CT molecular complexity index is 540. The summed E-state index contributed by atoms with van der Waals surface area (Å²) in [4.78, 5) is 14.7. The Balaban J connectivity index is 1.58. The van der Waals surface area contributed by atoms with E-state index in [1.807, 2.05) is 6.07 Å². The predicted molar refractivity (Wildman–Crippen MR) is 95.4 cm³/mol. The maximum absolute atomic E-state index is 12.4.